The third kappa shape index (κ3) is 4.34. The summed E-state index contributed by atoms with van der Waals surface area (Å²) in [6, 6.07) is 0.611. The number of anilines is 2. The van der Waals surface area contributed by atoms with Crippen molar-refractivity contribution in [2.24, 2.45) is 0 Å². The quantitative estimate of drug-likeness (QED) is 0.766. The van der Waals surface area contributed by atoms with Gasteiger partial charge in [0, 0.05) is 31.7 Å². The van der Waals surface area contributed by atoms with E-state index in [2.05, 4.69) is 60.2 Å². The van der Waals surface area contributed by atoms with Crippen molar-refractivity contribution in [3.05, 3.63) is 11.9 Å². The van der Waals surface area contributed by atoms with Crippen molar-refractivity contribution in [1.82, 2.24) is 14.9 Å². The summed E-state index contributed by atoms with van der Waals surface area (Å²) in [5.41, 5.74) is 1.15. The normalized spacial score (nSPS) is 12.8. The SMILES string of the molecule is CCC(C)N(C)CCNc1ncnc(NC)c1C(C)C. The first kappa shape index (κ1) is 16.7. The van der Waals surface area contributed by atoms with Gasteiger partial charge in [0.15, 0.2) is 0 Å². The van der Waals surface area contributed by atoms with Gasteiger partial charge in [-0.2, -0.15) is 0 Å². The van der Waals surface area contributed by atoms with Crippen molar-refractivity contribution in [3.8, 4) is 0 Å². The molecule has 5 heteroatoms. The van der Waals surface area contributed by atoms with Crippen molar-refractivity contribution in [3.63, 3.8) is 0 Å². The first-order chi connectivity index (χ1) is 9.51. The molecule has 0 saturated carbocycles. The van der Waals surface area contributed by atoms with Gasteiger partial charge in [-0.15, -0.1) is 0 Å². The molecular weight excluding hydrogens is 250 g/mol. The van der Waals surface area contributed by atoms with Gasteiger partial charge in [0.25, 0.3) is 0 Å². The number of aromatic nitrogens is 2. The molecular formula is C15H29N5. The Morgan fingerprint density at radius 1 is 1.20 bits per heavy atom. The Morgan fingerprint density at radius 3 is 2.40 bits per heavy atom. The van der Waals surface area contributed by atoms with Crippen LogP contribution in [0, 0.1) is 0 Å². The Labute approximate surface area is 123 Å². The minimum Gasteiger partial charge on any atom is -0.373 e. The molecule has 5 nitrogen and oxygen atoms in total. The van der Waals surface area contributed by atoms with Crippen molar-refractivity contribution < 1.29 is 0 Å². The molecule has 0 bridgehead atoms. The molecule has 0 aliphatic rings. The summed E-state index contributed by atoms with van der Waals surface area (Å²) in [6.07, 6.45) is 2.78. The third-order valence-electron chi connectivity index (χ3n) is 3.80. The number of hydrogen-bond donors (Lipinski definition) is 2. The van der Waals surface area contributed by atoms with Gasteiger partial charge in [-0.05, 0) is 26.3 Å². The molecule has 0 fully saturated rings. The van der Waals surface area contributed by atoms with E-state index in [-0.39, 0.29) is 0 Å². The summed E-state index contributed by atoms with van der Waals surface area (Å²) in [6.45, 7) is 10.7. The van der Waals surface area contributed by atoms with Crippen LogP contribution in [0.15, 0.2) is 6.33 Å². The van der Waals surface area contributed by atoms with Crippen LogP contribution in [-0.4, -0.2) is 48.1 Å². The first-order valence-electron chi connectivity index (χ1n) is 7.47. The van der Waals surface area contributed by atoms with E-state index < -0.39 is 0 Å². The van der Waals surface area contributed by atoms with Gasteiger partial charge in [0.1, 0.15) is 18.0 Å². The van der Waals surface area contributed by atoms with Crippen molar-refractivity contribution in [2.75, 3.05) is 37.8 Å². The number of likely N-dealkylation sites (N-methyl/N-ethyl adjacent to an activating group) is 1. The Bertz CT molecular complexity index is 405. The summed E-state index contributed by atoms with van der Waals surface area (Å²) in [5.74, 6) is 2.23. The highest BCUT2D eigenvalue weighted by molar-refractivity contribution is 5.58. The van der Waals surface area contributed by atoms with E-state index in [9.17, 15) is 0 Å². The van der Waals surface area contributed by atoms with Crippen LogP contribution >= 0.6 is 0 Å². The van der Waals surface area contributed by atoms with Crippen molar-refractivity contribution in [1.29, 1.82) is 0 Å². The molecule has 114 valence electrons. The second kappa shape index (κ2) is 8.04. The minimum absolute atomic E-state index is 0.383. The van der Waals surface area contributed by atoms with Crippen LogP contribution in [0.25, 0.3) is 0 Å². The van der Waals surface area contributed by atoms with Gasteiger partial charge in [0.2, 0.25) is 0 Å². The predicted molar refractivity (Wildman–Crippen MR) is 86.5 cm³/mol. The van der Waals surface area contributed by atoms with E-state index >= 15 is 0 Å². The van der Waals surface area contributed by atoms with E-state index in [4.69, 9.17) is 0 Å². The summed E-state index contributed by atoms with van der Waals surface area (Å²) >= 11 is 0. The molecule has 0 saturated heterocycles. The van der Waals surface area contributed by atoms with Gasteiger partial charge in [-0.1, -0.05) is 20.8 Å². The molecule has 1 rings (SSSR count). The molecule has 0 amide bonds. The van der Waals surface area contributed by atoms with E-state index in [0.29, 0.717) is 12.0 Å². The Balaban J connectivity index is 2.68. The summed E-state index contributed by atoms with van der Waals surface area (Å²) in [4.78, 5) is 11.0. The summed E-state index contributed by atoms with van der Waals surface area (Å²) < 4.78 is 0. The average Bonchev–Trinajstić information content (AvgIpc) is 2.45. The molecule has 1 unspecified atom stereocenters. The second-order valence-corrected chi connectivity index (χ2v) is 5.55. The lowest BCUT2D eigenvalue weighted by Gasteiger charge is -2.24. The molecule has 1 aromatic heterocycles. The Morgan fingerprint density at radius 2 is 1.85 bits per heavy atom. The molecule has 2 N–H and O–H groups in total. The number of rotatable bonds is 8. The highest BCUT2D eigenvalue weighted by Crippen LogP contribution is 2.27. The van der Waals surface area contributed by atoms with Crippen LogP contribution in [-0.2, 0) is 0 Å². The Hall–Kier alpha value is -1.36. The molecule has 0 aromatic carbocycles. The van der Waals surface area contributed by atoms with Crippen LogP contribution < -0.4 is 10.6 Å². The van der Waals surface area contributed by atoms with E-state index in [1.165, 1.54) is 6.42 Å². The fourth-order valence-electron chi connectivity index (χ4n) is 2.17. The molecule has 1 aromatic rings. The van der Waals surface area contributed by atoms with Crippen molar-refractivity contribution >= 4 is 11.6 Å². The molecule has 0 spiro atoms. The molecule has 0 radical (unpaired) electrons. The van der Waals surface area contributed by atoms with E-state index in [1.54, 1.807) is 6.33 Å². The number of hydrogen-bond acceptors (Lipinski definition) is 5. The number of nitrogens with zero attached hydrogens (tertiary/aromatic N) is 3. The smallest absolute Gasteiger partial charge is 0.135 e. The fraction of sp³-hybridized carbons (Fsp3) is 0.733. The highest BCUT2D eigenvalue weighted by Gasteiger charge is 2.14. The maximum Gasteiger partial charge on any atom is 0.135 e. The average molecular weight is 279 g/mol. The molecule has 20 heavy (non-hydrogen) atoms. The largest absolute Gasteiger partial charge is 0.373 e. The van der Waals surface area contributed by atoms with Crippen LogP contribution in [0.1, 0.15) is 45.6 Å². The van der Waals surface area contributed by atoms with E-state index in [1.807, 2.05) is 7.05 Å². The molecule has 1 heterocycles. The third-order valence-corrected chi connectivity index (χ3v) is 3.80. The van der Waals surface area contributed by atoms with Crippen molar-refractivity contribution in [2.45, 2.75) is 46.1 Å². The first-order valence-corrected chi connectivity index (χ1v) is 7.47. The van der Waals surface area contributed by atoms with Gasteiger partial charge < -0.3 is 15.5 Å². The Kier molecular flexibility index (Phi) is 6.71. The zero-order chi connectivity index (χ0) is 15.1. The lowest BCUT2D eigenvalue weighted by molar-refractivity contribution is 0.261. The molecule has 1 atom stereocenters. The lowest BCUT2D eigenvalue weighted by atomic mass is 10.0. The zero-order valence-electron chi connectivity index (χ0n) is 13.7. The van der Waals surface area contributed by atoms with Crippen LogP contribution in [0.5, 0.6) is 0 Å². The maximum absolute atomic E-state index is 4.39. The summed E-state index contributed by atoms with van der Waals surface area (Å²) in [7, 11) is 4.06. The predicted octanol–water partition coefficient (Wildman–Crippen LogP) is 2.78. The van der Waals surface area contributed by atoms with Gasteiger partial charge in [-0.3, -0.25) is 0 Å². The lowest BCUT2D eigenvalue weighted by Crippen LogP contribution is -2.33. The molecule has 0 aliphatic heterocycles. The van der Waals surface area contributed by atoms with Gasteiger partial charge in [-0.25, -0.2) is 9.97 Å². The molecule has 0 aliphatic carbocycles. The van der Waals surface area contributed by atoms with Crippen LogP contribution in [0.2, 0.25) is 0 Å². The highest BCUT2D eigenvalue weighted by atomic mass is 15.1. The van der Waals surface area contributed by atoms with E-state index in [0.717, 1.165) is 30.3 Å². The fourth-order valence-corrected chi connectivity index (χ4v) is 2.17. The standard InChI is InChI=1S/C15H29N5/c1-7-12(4)20(6)9-8-17-15-13(11(2)3)14(16-5)18-10-19-15/h10-12H,7-9H2,1-6H3,(H2,16,17,18,19). The van der Waals surface area contributed by atoms with Gasteiger partial charge in [0.05, 0.1) is 0 Å². The number of nitrogens with one attached hydrogen (secondary N) is 2. The zero-order valence-corrected chi connectivity index (χ0v) is 13.7. The monoisotopic (exact) mass is 279 g/mol. The summed E-state index contributed by atoms with van der Waals surface area (Å²) in [5, 5.41) is 6.59. The topological polar surface area (TPSA) is 53.1 Å². The minimum atomic E-state index is 0.383. The second-order valence-electron chi connectivity index (χ2n) is 5.55. The van der Waals surface area contributed by atoms with Crippen LogP contribution in [0.4, 0.5) is 11.6 Å². The van der Waals surface area contributed by atoms with Crippen LogP contribution in [0.3, 0.4) is 0 Å². The maximum atomic E-state index is 4.39. The van der Waals surface area contributed by atoms with Gasteiger partial charge >= 0.3 is 0 Å².